The number of alkyl halides is 3. The summed E-state index contributed by atoms with van der Waals surface area (Å²) < 4.78 is 37.1. The highest BCUT2D eigenvalue weighted by Gasteiger charge is 2.49. The van der Waals surface area contributed by atoms with Gasteiger partial charge in [0, 0.05) is 6.04 Å². The zero-order chi connectivity index (χ0) is 14.5. The number of hydrogen-bond donors (Lipinski definition) is 3. The summed E-state index contributed by atoms with van der Waals surface area (Å²) in [5.41, 5.74) is 6.00. The van der Waals surface area contributed by atoms with Crippen molar-refractivity contribution in [1.29, 1.82) is 0 Å². The van der Waals surface area contributed by atoms with E-state index in [2.05, 4.69) is 15.4 Å². The van der Waals surface area contributed by atoms with E-state index in [1.807, 2.05) is 0 Å². The van der Waals surface area contributed by atoms with Gasteiger partial charge in [-0.15, -0.1) is 17.5 Å². The number of aromatic nitrogens is 3. The highest BCUT2D eigenvalue weighted by Crippen LogP contribution is 2.47. The number of carbonyl (C=O) groups excluding carboxylic acids is 1. The second-order valence-electron chi connectivity index (χ2n) is 5.43. The number of hydrogen-bond acceptors (Lipinski definition) is 4. The molecule has 2 saturated carbocycles. The second-order valence-corrected chi connectivity index (χ2v) is 5.43. The Balaban J connectivity index is 0.00000161. The molecule has 0 saturated heterocycles. The minimum atomic E-state index is -4.61. The van der Waals surface area contributed by atoms with Crippen molar-refractivity contribution in [1.82, 2.24) is 15.2 Å². The number of nitrogens with one attached hydrogen (secondary N) is 2. The number of fused-ring (bicyclic) bond motifs is 2. The molecule has 1 amide bonds. The fourth-order valence-corrected chi connectivity index (χ4v) is 3.36. The molecule has 0 radical (unpaired) electrons. The molecular weight excluding hydrogens is 311 g/mol. The third-order valence-electron chi connectivity index (χ3n) is 4.27. The van der Waals surface area contributed by atoms with Gasteiger partial charge in [-0.05, 0) is 31.1 Å². The molecule has 3 rings (SSSR count). The van der Waals surface area contributed by atoms with Crippen molar-refractivity contribution >= 4 is 24.3 Å². The number of carbonyl (C=O) groups is 1. The van der Waals surface area contributed by atoms with E-state index in [-0.39, 0.29) is 36.2 Å². The van der Waals surface area contributed by atoms with Crippen LogP contribution in [-0.2, 0) is 11.0 Å². The normalized spacial score (nSPS) is 31.0. The molecule has 6 nitrogen and oxygen atoms in total. The molecular formula is C11H15ClF3N5O. The number of nitrogens with two attached hydrogens (primary N) is 1. The lowest BCUT2D eigenvalue weighted by molar-refractivity contribution is -0.144. The van der Waals surface area contributed by atoms with Crippen molar-refractivity contribution in [2.75, 3.05) is 5.32 Å². The molecule has 0 aliphatic heterocycles. The van der Waals surface area contributed by atoms with Crippen molar-refractivity contribution < 1.29 is 18.0 Å². The number of nitrogens with zero attached hydrogens (tertiary/aromatic N) is 2. The van der Waals surface area contributed by atoms with Gasteiger partial charge in [-0.2, -0.15) is 18.2 Å². The Morgan fingerprint density at radius 1 is 1.33 bits per heavy atom. The fourth-order valence-electron chi connectivity index (χ4n) is 3.36. The molecule has 2 aliphatic carbocycles. The van der Waals surface area contributed by atoms with Crippen molar-refractivity contribution in [3.8, 4) is 0 Å². The van der Waals surface area contributed by atoms with Crippen LogP contribution in [0.25, 0.3) is 0 Å². The first-order valence-electron chi connectivity index (χ1n) is 6.42. The van der Waals surface area contributed by atoms with Crippen molar-refractivity contribution in [3.05, 3.63) is 5.82 Å². The molecule has 2 fully saturated rings. The minimum Gasteiger partial charge on any atom is -0.327 e. The summed E-state index contributed by atoms with van der Waals surface area (Å²) in [6, 6.07) is -0.227. The molecule has 21 heavy (non-hydrogen) atoms. The SMILES string of the molecule is Cl.NC1C2CCC(C2)C1C(=O)Nc1n[nH]c(C(F)(F)F)n1. The van der Waals surface area contributed by atoms with E-state index in [9.17, 15) is 18.0 Å². The molecule has 0 aromatic carbocycles. The van der Waals surface area contributed by atoms with Gasteiger partial charge in [0.05, 0.1) is 5.92 Å². The number of H-pyrrole nitrogens is 1. The van der Waals surface area contributed by atoms with Gasteiger partial charge in [0.2, 0.25) is 17.7 Å². The quantitative estimate of drug-likeness (QED) is 0.768. The summed E-state index contributed by atoms with van der Waals surface area (Å²) in [5, 5.41) is 7.43. The fraction of sp³-hybridized carbons (Fsp3) is 0.727. The van der Waals surface area contributed by atoms with E-state index < -0.39 is 17.9 Å². The second kappa shape index (κ2) is 5.45. The standard InChI is InChI=1S/C11H14F3N5O.ClH/c12-11(13,14)9-17-10(19-18-9)16-8(20)6-4-1-2-5(3-4)7(6)15;/h4-7H,1-3,15H2,(H2,16,17,18,19,20);1H. The van der Waals surface area contributed by atoms with Crippen LogP contribution in [0.5, 0.6) is 0 Å². The first-order chi connectivity index (χ1) is 9.36. The van der Waals surface area contributed by atoms with Gasteiger partial charge < -0.3 is 5.73 Å². The minimum absolute atomic E-state index is 0. The number of rotatable bonds is 2. The van der Waals surface area contributed by atoms with E-state index in [0.717, 1.165) is 19.3 Å². The summed E-state index contributed by atoms with van der Waals surface area (Å²) >= 11 is 0. The van der Waals surface area contributed by atoms with Crippen LogP contribution in [0, 0.1) is 17.8 Å². The van der Waals surface area contributed by atoms with Gasteiger partial charge in [-0.25, -0.2) is 0 Å². The van der Waals surface area contributed by atoms with E-state index in [1.165, 1.54) is 0 Å². The van der Waals surface area contributed by atoms with Gasteiger partial charge in [0.1, 0.15) is 0 Å². The van der Waals surface area contributed by atoms with Crippen molar-refractivity contribution in [3.63, 3.8) is 0 Å². The maximum atomic E-state index is 12.4. The number of aromatic amines is 1. The van der Waals surface area contributed by atoms with Gasteiger partial charge in [-0.3, -0.25) is 15.2 Å². The van der Waals surface area contributed by atoms with E-state index in [4.69, 9.17) is 5.73 Å². The molecule has 1 aromatic heterocycles. The predicted molar refractivity (Wildman–Crippen MR) is 69.6 cm³/mol. The number of halogens is 4. The third-order valence-corrected chi connectivity index (χ3v) is 4.27. The van der Waals surface area contributed by atoms with Gasteiger partial charge in [-0.1, -0.05) is 0 Å². The monoisotopic (exact) mass is 325 g/mol. The molecule has 4 N–H and O–H groups in total. The first-order valence-corrected chi connectivity index (χ1v) is 6.42. The molecule has 2 bridgehead atoms. The Kier molecular flexibility index (Phi) is 4.16. The van der Waals surface area contributed by atoms with Crippen LogP contribution in [0.2, 0.25) is 0 Å². The van der Waals surface area contributed by atoms with Gasteiger partial charge >= 0.3 is 6.18 Å². The van der Waals surface area contributed by atoms with Crippen LogP contribution >= 0.6 is 12.4 Å². The molecule has 2 aliphatic rings. The van der Waals surface area contributed by atoms with E-state index in [0.29, 0.717) is 5.92 Å². The van der Waals surface area contributed by atoms with Crippen molar-refractivity contribution in [2.45, 2.75) is 31.5 Å². The Morgan fingerprint density at radius 3 is 2.52 bits per heavy atom. The molecule has 4 atom stereocenters. The van der Waals surface area contributed by atoms with Crippen molar-refractivity contribution in [2.24, 2.45) is 23.5 Å². The van der Waals surface area contributed by atoms with Gasteiger partial charge in [0.15, 0.2) is 0 Å². The lowest BCUT2D eigenvalue weighted by Gasteiger charge is -2.26. The molecule has 1 aromatic rings. The summed E-state index contributed by atoms with van der Waals surface area (Å²) in [7, 11) is 0. The highest BCUT2D eigenvalue weighted by atomic mass is 35.5. The van der Waals surface area contributed by atoms with Crippen LogP contribution in [-0.4, -0.2) is 27.1 Å². The molecule has 1 heterocycles. The summed E-state index contributed by atoms with van der Waals surface area (Å²) in [4.78, 5) is 15.3. The molecule has 118 valence electrons. The number of amides is 1. The van der Waals surface area contributed by atoms with Crippen LogP contribution < -0.4 is 11.1 Å². The topological polar surface area (TPSA) is 96.7 Å². The highest BCUT2D eigenvalue weighted by molar-refractivity contribution is 5.92. The Morgan fingerprint density at radius 2 is 2.00 bits per heavy atom. The maximum absolute atomic E-state index is 12.4. The Hall–Kier alpha value is -1.35. The van der Waals surface area contributed by atoms with Gasteiger partial charge in [0.25, 0.3) is 0 Å². The third kappa shape index (κ3) is 2.84. The maximum Gasteiger partial charge on any atom is 0.451 e. The summed E-state index contributed by atoms with van der Waals surface area (Å²) in [6.07, 6.45) is -1.73. The lowest BCUT2D eigenvalue weighted by Crippen LogP contribution is -2.42. The smallest absolute Gasteiger partial charge is 0.327 e. The van der Waals surface area contributed by atoms with Crippen LogP contribution in [0.4, 0.5) is 19.1 Å². The van der Waals surface area contributed by atoms with E-state index in [1.54, 1.807) is 5.10 Å². The average molecular weight is 326 g/mol. The van der Waals surface area contributed by atoms with Crippen LogP contribution in [0.15, 0.2) is 0 Å². The Labute approximate surface area is 124 Å². The summed E-state index contributed by atoms with van der Waals surface area (Å²) in [5.74, 6) is -1.79. The van der Waals surface area contributed by atoms with Crippen LogP contribution in [0.3, 0.4) is 0 Å². The zero-order valence-corrected chi connectivity index (χ0v) is 11.7. The molecule has 0 spiro atoms. The molecule has 4 unspecified atom stereocenters. The molecule has 10 heteroatoms. The summed E-state index contributed by atoms with van der Waals surface area (Å²) in [6.45, 7) is 0. The number of anilines is 1. The largest absolute Gasteiger partial charge is 0.451 e. The van der Waals surface area contributed by atoms with E-state index >= 15 is 0 Å². The Bertz CT molecular complexity index is 532. The predicted octanol–water partition coefficient (Wildman–Crippen LogP) is 1.56. The zero-order valence-electron chi connectivity index (χ0n) is 10.9. The first kappa shape index (κ1) is 16.0. The average Bonchev–Trinajstić information content (AvgIpc) is 3.01. The van der Waals surface area contributed by atoms with Crippen LogP contribution in [0.1, 0.15) is 25.1 Å². The lowest BCUT2D eigenvalue weighted by atomic mass is 9.84.